The summed E-state index contributed by atoms with van der Waals surface area (Å²) in [5.41, 5.74) is -0.282. The minimum atomic E-state index is -4.61. The number of hydrogen-bond acceptors (Lipinski definition) is 6. The molecule has 0 aliphatic carbocycles. The van der Waals surface area contributed by atoms with E-state index in [0.717, 1.165) is 21.7 Å². The van der Waals surface area contributed by atoms with Crippen LogP contribution in [0.3, 0.4) is 0 Å². The van der Waals surface area contributed by atoms with E-state index in [0.29, 0.717) is 6.42 Å². The SMILES string of the molecule is CC(C)(C)OC[C@H]1O[C@@H](c2c3ccccc3c3ccc4cccc5ccc2c3c54)CC1OP(=O)([O-])OC(C)(C)C. The second-order valence-electron chi connectivity index (χ2n) is 12.8. The molecule has 2 unspecified atom stereocenters. The molecule has 1 saturated heterocycles. The standard InChI is InChI=1S/C33H37O6P/c1-32(2,3)36-19-28-26(38-40(34,35)39-33(4,5)6)18-27(37-28)30-23-13-8-7-12-22(23)24-16-14-20-10-9-11-21-15-17-25(30)31(24)29(20)21/h7-17,26-28H,18-19H2,1-6H3,(H,34,35)/p-1/t26?,27-,28-/m1/s1. The molecule has 0 saturated carbocycles. The van der Waals surface area contributed by atoms with Gasteiger partial charge in [-0.3, -0.25) is 4.57 Å². The number of fused-ring (bicyclic) bond motifs is 2. The highest BCUT2D eigenvalue weighted by Gasteiger charge is 2.41. The second-order valence-corrected chi connectivity index (χ2v) is 14.0. The maximum absolute atomic E-state index is 12.9. The lowest BCUT2D eigenvalue weighted by Crippen LogP contribution is -2.34. The van der Waals surface area contributed by atoms with E-state index in [1.54, 1.807) is 20.8 Å². The Kier molecular flexibility index (Phi) is 6.74. The summed E-state index contributed by atoms with van der Waals surface area (Å²) in [4.78, 5) is 12.9. The van der Waals surface area contributed by atoms with Crippen LogP contribution in [0.15, 0.2) is 66.7 Å². The van der Waals surface area contributed by atoms with Crippen molar-refractivity contribution in [2.45, 2.75) is 77.5 Å². The molecule has 1 aliphatic rings. The maximum Gasteiger partial charge on any atom is 0.268 e. The average Bonchev–Trinajstić information content (AvgIpc) is 3.24. The van der Waals surface area contributed by atoms with Crippen LogP contribution in [0.1, 0.15) is 59.6 Å². The molecule has 4 atom stereocenters. The highest BCUT2D eigenvalue weighted by molar-refractivity contribution is 7.45. The fourth-order valence-electron chi connectivity index (χ4n) is 5.99. The highest BCUT2D eigenvalue weighted by atomic mass is 31.2. The molecule has 1 heterocycles. The first-order valence-corrected chi connectivity index (χ1v) is 15.3. The van der Waals surface area contributed by atoms with E-state index in [-0.39, 0.29) is 6.61 Å². The zero-order valence-corrected chi connectivity index (χ0v) is 24.8. The summed E-state index contributed by atoms with van der Waals surface area (Å²) in [6.07, 6.45) is -1.39. The van der Waals surface area contributed by atoms with E-state index in [9.17, 15) is 9.46 Å². The van der Waals surface area contributed by atoms with Crippen LogP contribution in [0.4, 0.5) is 0 Å². The molecule has 1 fully saturated rings. The van der Waals surface area contributed by atoms with Gasteiger partial charge in [-0.25, -0.2) is 0 Å². The van der Waals surface area contributed by atoms with Crippen molar-refractivity contribution in [2.24, 2.45) is 0 Å². The van der Waals surface area contributed by atoms with Crippen LogP contribution in [0.25, 0.3) is 43.1 Å². The Bertz CT molecular complexity index is 1730. The van der Waals surface area contributed by atoms with E-state index in [4.69, 9.17) is 18.5 Å². The molecule has 6 rings (SSSR count). The summed E-state index contributed by atoms with van der Waals surface area (Å²) in [5.74, 6) is 0. The predicted molar refractivity (Wildman–Crippen MR) is 159 cm³/mol. The van der Waals surface area contributed by atoms with E-state index in [2.05, 4.69) is 60.7 Å². The topological polar surface area (TPSA) is 77.1 Å². The van der Waals surface area contributed by atoms with E-state index < -0.39 is 37.3 Å². The number of phosphoric acid groups is 1. The first-order chi connectivity index (χ1) is 18.8. The van der Waals surface area contributed by atoms with Crippen LogP contribution in [-0.4, -0.2) is 30.0 Å². The third-order valence-electron chi connectivity index (χ3n) is 7.43. The molecule has 210 valence electrons. The van der Waals surface area contributed by atoms with Crippen molar-refractivity contribution in [1.82, 2.24) is 0 Å². The maximum atomic E-state index is 12.9. The molecule has 5 aromatic carbocycles. The third kappa shape index (κ3) is 5.25. The van der Waals surface area contributed by atoms with Gasteiger partial charge in [0.05, 0.1) is 30.0 Å². The molecular weight excluding hydrogens is 523 g/mol. The molecule has 0 spiro atoms. The van der Waals surface area contributed by atoms with Crippen LogP contribution in [0.2, 0.25) is 0 Å². The summed E-state index contributed by atoms with van der Waals surface area (Å²) >= 11 is 0. The summed E-state index contributed by atoms with van der Waals surface area (Å²) in [6, 6.07) is 23.5. The average molecular weight is 560 g/mol. The van der Waals surface area contributed by atoms with Gasteiger partial charge in [0.1, 0.15) is 6.10 Å². The van der Waals surface area contributed by atoms with Gasteiger partial charge in [-0.2, -0.15) is 0 Å². The molecule has 5 aromatic rings. The summed E-state index contributed by atoms with van der Waals surface area (Å²) in [7, 11) is -4.61. The zero-order valence-electron chi connectivity index (χ0n) is 23.9. The van der Waals surface area contributed by atoms with E-state index in [1.807, 2.05) is 26.8 Å². The molecule has 40 heavy (non-hydrogen) atoms. The predicted octanol–water partition coefficient (Wildman–Crippen LogP) is 8.05. The van der Waals surface area contributed by atoms with Crippen molar-refractivity contribution in [3.8, 4) is 0 Å². The quantitative estimate of drug-likeness (QED) is 0.119. The van der Waals surface area contributed by atoms with Crippen LogP contribution in [0, 0.1) is 0 Å². The Labute approximate surface area is 235 Å². The lowest BCUT2D eigenvalue weighted by Gasteiger charge is -2.34. The van der Waals surface area contributed by atoms with Gasteiger partial charge >= 0.3 is 0 Å². The van der Waals surface area contributed by atoms with Crippen LogP contribution in [0.5, 0.6) is 0 Å². The highest BCUT2D eigenvalue weighted by Crippen LogP contribution is 2.51. The van der Waals surface area contributed by atoms with Gasteiger partial charge in [-0.1, -0.05) is 66.7 Å². The largest absolute Gasteiger partial charge is 0.756 e. The molecular formula is C33H36O6P-. The number of hydrogen-bond donors (Lipinski definition) is 0. The van der Waals surface area contributed by atoms with Gasteiger partial charge in [0.25, 0.3) is 7.82 Å². The number of rotatable bonds is 6. The van der Waals surface area contributed by atoms with Gasteiger partial charge in [0.15, 0.2) is 0 Å². The molecule has 1 aliphatic heterocycles. The Hall–Kier alpha value is -2.57. The molecule has 6 nitrogen and oxygen atoms in total. The molecule has 0 aromatic heterocycles. The van der Waals surface area contributed by atoms with Crippen molar-refractivity contribution in [3.05, 3.63) is 72.3 Å². The van der Waals surface area contributed by atoms with Crippen LogP contribution < -0.4 is 4.89 Å². The van der Waals surface area contributed by atoms with E-state index in [1.165, 1.54) is 26.9 Å². The van der Waals surface area contributed by atoms with Crippen molar-refractivity contribution in [1.29, 1.82) is 0 Å². The second kappa shape index (κ2) is 9.77. The lowest BCUT2D eigenvalue weighted by molar-refractivity contribution is -0.240. The van der Waals surface area contributed by atoms with E-state index >= 15 is 0 Å². The zero-order chi connectivity index (χ0) is 28.4. The number of phosphoric ester groups is 1. The van der Waals surface area contributed by atoms with Crippen molar-refractivity contribution in [3.63, 3.8) is 0 Å². The van der Waals surface area contributed by atoms with Gasteiger partial charge in [0, 0.05) is 6.42 Å². The van der Waals surface area contributed by atoms with Crippen LogP contribution in [-0.2, 0) is 23.1 Å². The molecule has 0 radical (unpaired) electrons. The Morgan fingerprint density at radius 2 is 1.45 bits per heavy atom. The van der Waals surface area contributed by atoms with Gasteiger partial charge in [-0.05, 0) is 90.2 Å². The molecule has 0 N–H and O–H groups in total. The summed E-state index contributed by atoms with van der Waals surface area (Å²) in [5, 5.41) is 9.34. The third-order valence-corrected chi connectivity index (χ3v) is 8.73. The van der Waals surface area contributed by atoms with Crippen molar-refractivity contribution < 1.29 is 28.0 Å². The minimum absolute atomic E-state index is 0.198. The Balaban J connectivity index is 1.49. The van der Waals surface area contributed by atoms with Gasteiger partial charge in [0.2, 0.25) is 0 Å². The van der Waals surface area contributed by atoms with Crippen molar-refractivity contribution in [2.75, 3.05) is 6.61 Å². The Morgan fingerprint density at radius 1 is 0.800 bits per heavy atom. The normalized spacial score (nSPS) is 22.1. The molecule has 7 heteroatoms. The lowest BCUT2D eigenvalue weighted by atomic mass is 9.85. The molecule has 0 bridgehead atoms. The number of ether oxygens (including phenoxy) is 2. The summed E-state index contributed by atoms with van der Waals surface area (Å²) in [6.45, 7) is 11.1. The fourth-order valence-corrected chi connectivity index (χ4v) is 7.26. The Morgan fingerprint density at radius 3 is 2.10 bits per heavy atom. The smallest absolute Gasteiger partial charge is 0.268 e. The molecule has 0 amide bonds. The first-order valence-electron chi connectivity index (χ1n) is 13.9. The monoisotopic (exact) mass is 559 g/mol. The number of benzene rings is 5. The summed E-state index contributed by atoms with van der Waals surface area (Å²) < 4.78 is 36.7. The fraction of sp³-hybridized carbons (Fsp3) is 0.394. The van der Waals surface area contributed by atoms with Crippen LogP contribution >= 0.6 is 7.82 Å². The first kappa shape index (κ1) is 27.6. The minimum Gasteiger partial charge on any atom is -0.756 e. The van der Waals surface area contributed by atoms with Crippen molar-refractivity contribution >= 4 is 50.9 Å². The van der Waals surface area contributed by atoms with Gasteiger partial charge < -0.3 is 23.4 Å². The van der Waals surface area contributed by atoms with Gasteiger partial charge in [-0.15, -0.1) is 0 Å².